The van der Waals surface area contributed by atoms with Crippen molar-refractivity contribution in [2.75, 3.05) is 19.6 Å². The van der Waals surface area contributed by atoms with Crippen LogP contribution in [-0.4, -0.2) is 53.7 Å². The number of piperidine rings is 1. The lowest BCUT2D eigenvalue weighted by Crippen LogP contribution is -2.47. The summed E-state index contributed by atoms with van der Waals surface area (Å²) >= 11 is 0. The number of hydrogen-bond acceptors (Lipinski definition) is 7. The first kappa shape index (κ1) is 37.1. The van der Waals surface area contributed by atoms with Crippen LogP contribution in [0.5, 0.6) is 0 Å². The Hall–Kier alpha value is -4.88. The number of H-pyrrole nitrogens is 1. The Bertz CT molecular complexity index is 2390. The van der Waals surface area contributed by atoms with Gasteiger partial charge in [-0.15, -0.1) is 0 Å². The van der Waals surface area contributed by atoms with Crippen LogP contribution in [0.3, 0.4) is 0 Å². The molecule has 4 atom stereocenters. The summed E-state index contributed by atoms with van der Waals surface area (Å²) in [5, 5.41) is 9.68. The zero-order valence-corrected chi connectivity index (χ0v) is 31.6. The Morgan fingerprint density at radius 3 is 2.22 bits per heavy atom. The maximum Gasteiger partial charge on any atom is 0.326 e. The minimum atomic E-state index is -3.67. The van der Waals surface area contributed by atoms with Gasteiger partial charge >= 0.3 is 5.69 Å². The van der Waals surface area contributed by atoms with E-state index < -0.39 is 16.3 Å². The van der Waals surface area contributed by atoms with Crippen molar-refractivity contribution in [1.29, 1.82) is 0 Å². The number of rotatable bonds is 11. The van der Waals surface area contributed by atoms with E-state index in [2.05, 4.69) is 21.5 Å². The van der Waals surface area contributed by atoms with E-state index >= 15 is 0 Å². The number of aromatic nitrogens is 2. The van der Waals surface area contributed by atoms with Crippen LogP contribution >= 0.6 is 0 Å². The molecule has 0 amide bonds. The third kappa shape index (κ3) is 7.95. The highest BCUT2D eigenvalue weighted by Crippen LogP contribution is 2.42. The quantitative estimate of drug-likeness (QED) is 0.129. The maximum atomic E-state index is 13.0. The lowest BCUT2D eigenvalue weighted by atomic mass is 9.89. The summed E-state index contributed by atoms with van der Waals surface area (Å²) in [5.74, 6) is 0.0380. The van der Waals surface area contributed by atoms with Crippen molar-refractivity contribution in [3.63, 3.8) is 0 Å². The molecule has 8 rings (SSSR count). The predicted octanol–water partition coefficient (Wildman–Crippen LogP) is 7.10. The van der Waals surface area contributed by atoms with Gasteiger partial charge in [0.25, 0.3) is 0 Å². The minimum Gasteiger partial charge on any atom is -0.392 e. The summed E-state index contributed by atoms with van der Waals surface area (Å²) < 4.78 is 44.2. The number of imidazole rings is 1. The van der Waals surface area contributed by atoms with E-state index in [1.165, 1.54) is 0 Å². The van der Waals surface area contributed by atoms with Crippen LogP contribution < -0.4 is 10.4 Å². The number of nitrogens with zero attached hydrogens (tertiary/aromatic N) is 2. The van der Waals surface area contributed by atoms with Gasteiger partial charge in [0.15, 0.2) is 6.29 Å². The van der Waals surface area contributed by atoms with Crippen LogP contribution in [0.15, 0.2) is 137 Å². The number of aliphatic hydroxyl groups excluding tert-OH is 1. The van der Waals surface area contributed by atoms with Gasteiger partial charge in [0.05, 0.1) is 34.7 Å². The molecule has 284 valence electrons. The van der Waals surface area contributed by atoms with Gasteiger partial charge in [-0.3, -0.25) is 4.57 Å². The van der Waals surface area contributed by atoms with E-state index in [-0.39, 0.29) is 47.9 Å². The highest BCUT2D eigenvalue weighted by molar-refractivity contribution is 7.89. The van der Waals surface area contributed by atoms with Gasteiger partial charge in [-0.05, 0) is 64.9 Å². The van der Waals surface area contributed by atoms with Gasteiger partial charge in [-0.25, -0.2) is 17.9 Å². The number of fused-ring (bicyclic) bond motifs is 1. The highest BCUT2D eigenvalue weighted by atomic mass is 32.2. The first-order valence-electron chi connectivity index (χ1n) is 18.9. The largest absolute Gasteiger partial charge is 0.392 e. The molecule has 10 nitrogen and oxygen atoms in total. The highest BCUT2D eigenvalue weighted by Gasteiger charge is 2.39. The Morgan fingerprint density at radius 1 is 0.800 bits per heavy atom. The Labute approximate surface area is 321 Å². The number of ether oxygens (including phenoxy) is 2. The molecule has 5 aromatic carbocycles. The van der Waals surface area contributed by atoms with Crippen molar-refractivity contribution >= 4 is 21.1 Å². The Kier molecular flexibility index (Phi) is 10.8. The van der Waals surface area contributed by atoms with Crippen molar-refractivity contribution in [2.24, 2.45) is 5.92 Å². The SMILES string of the molecule is C[C@H]1[C@@H](CN2CCC(n3c(=O)[nH]c4ccccc43)CC2)O[C@@H](c2ccc(-c3ccccc3CNS(=O)(=O)c3ccccc3)cc2)O[C@H]1c1ccc(CO)cc1. The number of aliphatic hydroxyl groups is 1. The molecule has 0 saturated carbocycles. The molecule has 0 radical (unpaired) electrons. The predicted molar refractivity (Wildman–Crippen MR) is 213 cm³/mol. The summed E-state index contributed by atoms with van der Waals surface area (Å²) in [4.78, 5) is 18.6. The van der Waals surface area contributed by atoms with Crippen LogP contribution in [0, 0.1) is 5.92 Å². The molecule has 1 aromatic heterocycles. The number of nitrogens with one attached hydrogen (secondary N) is 2. The maximum absolute atomic E-state index is 13.0. The van der Waals surface area contributed by atoms with Gasteiger partial charge < -0.3 is 24.5 Å². The molecule has 3 heterocycles. The fourth-order valence-corrected chi connectivity index (χ4v) is 9.04. The molecular weight excluding hydrogens is 713 g/mol. The second-order valence-corrected chi connectivity index (χ2v) is 16.4. The van der Waals surface area contributed by atoms with Gasteiger partial charge in [-0.1, -0.05) is 110 Å². The molecule has 2 saturated heterocycles. The van der Waals surface area contributed by atoms with Crippen molar-refractivity contribution in [1.82, 2.24) is 19.2 Å². The van der Waals surface area contributed by atoms with E-state index in [1.807, 2.05) is 102 Å². The van der Waals surface area contributed by atoms with E-state index in [0.717, 1.165) is 76.9 Å². The van der Waals surface area contributed by atoms with E-state index in [9.17, 15) is 18.3 Å². The summed E-state index contributed by atoms with van der Waals surface area (Å²) in [7, 11) is -3.67. The third-order valence-corrected chi connectivity index (χ3v) is 12.5. The topological polar surface area (TPSA) is 126 Å². The fourth-order valence-electron chi connectivity index (χ4n) is 8.01. The average Bonchev–Trinajstić information content (AvgIpc) is 3.57. The summed E-state index contributed by atoms with van der Waals surface area (Å²) in [6.45, 7) is 4.73. The number of hydrogen-bond donors (Lipinski definition) is 3. The number of aromatic amines is 1. The molecule has 0 bridgehead atoms. The number of likely N-dealkylation sites (tertiary alicyclic amines) is 1. The second kappa shape index (κ2) is 16.1. The number of sulfonamides is 1. The molecule has 3 N–H and O–H groups in total. The molecule has 55 heavy (non-hydrogen) atoms. The number of benzene rings is 5. The normalized spacial score (nSPS) is 21.2. The fraction of sp³-hybridized carbons (Fsp3) is 0.295. The molecule has 2 aliphatic heterocycles. The zero-order chi connectivity index (χ0) is 37.9. The summed E-state index contributed by atoms with van der Waals surface area (Å²) in [6.07, 6.45) is 0.744. The zero-order valence-electron chi connectivity index (χ0n) is 30.8. The summed E-state index contributed by atoms with van der Waals surface area (Å²) in [6, 6.07) is 40.2. The van der Waals surface area contributed by atoms with Crippen LogP contribution in [0.4, 0.5) is 0 Å². The van der Waals surface area contributed by atoms with Gasteiger partial charge in [-0.2, -0.15) is 0 Å². The molecular formula is C44H46N4O6S. The minimum absolute atomic E-state index is 0.0231. The number of para-hydroxylation sites is 2. The van der Waals surface area contributed by atoms with Gasteiger partial charge in [0.2, 0.25) is 10.0 Å². The molecule has 0 unspecified atom stereocenters. The molecule has 0 spiro atoms. The van der Waals surface area contributed by atoms with Crippen LogP contribution in [0.25, 0.3) is 22.2 Å². The second-order valence-electron chi connectivity index (χ2n) is 14.6. The van der Waals surface area contributed by atoms with Crippen LogP contribution in [-0.2, 0) is 32.6 Å². The van der Waals surface area contributed by atoms with Crippen molar-refractivity contribution in [3.05, 3.63) is 160 Å². The average molecular weight is 759 g/mol. The van der Waals surface area contributed by atoms with E-state index in [1.54, 1.807) is 30.3 Å². The molecule has 2 aliphatic rings. The van der Waals surface area contributed by atoms with Crippen LogP contribution in [0.2, 0.25) is 0 Å². The molecule has 0 aliphatic carbocycles. The Morgan fingerprint density at radius 2 is 1.47 bits per heavy atom. The van der Waals surface area contributed by atoms with Crippen LogP contribution in [0.1, 0.15) is 60.5 Å². The van der Waals surface area contributed by atoms with Crippen molar-refractivity contribution < 1.29 is 23.0 Å². The first-order valence-corrected chi connectivity index (χ1v) is 20.4. The van der Waals surface area contributed by atoms with Gasteiger partial charge in [0, 0.05) is 43.7 Å². The third-order valence-electron chi connectivity index (χ3n) is 11.1. The van der Waals surface area contributed by atoms with Gasteiger partial charge in [0.1, 0.15) is 0 Å². The van der Waals surface area contributed by atoms with E-state index in [0.29, 0.717) is 0 Å². The Balaban J connectivity index is 0.996. The monoisotopic (exact) mass is 758 g/mol. The molecule has 11 heteroatoms. The van der Waals surface area contributed by atoms with Crippen molar-refractivity contribution in [3.8, 4) is 11.1 Å². The summed E-state index contributed by atoms with van der Waals surface area (Å²) in [5.41, 5.74) is 7.27. The lowest BCUT2D eigenvalue weighted by Gasteiger charge is -2.44. The smallest absolute Gasteiger partial charge is 0.326 e. The first-order chi connectivity index (χ1) is 26.8. The van der Waals surface area contributed by atoms with Crippen molar-refractivity contribution in [2.45, 2.75) is 62.4 Å². The lowest BCUT2D eigenvalue weighted by molar-refractivity contribution is -0.276. The van der Waals surface area contributed by atoms with E-state index in [4.69, 9.17) is 9.47 Å². The molecule has 6 aromatic rings. The standard InChI is InChI=1S/C44H46N4O6S/c1-30-41(28-47-25-23-36(24-26-47)48-40-14-8-7-13-39(40)46-44(48)50)53-43(54-42(30)33-17-15-31(29-49)16-18-33)34-21-19-32(20-22-34)38-12-6-5-9-35(38)27-45-55(51,52)37-10-3-2-4-11-37/h2-22,30,36,41-43,45,49H,23-29H2,1H3,(H,46,50)/t30-,41+,42+,43+/m0/s1. The molecule has 2 fully saturated rings.